The molecule has 2 amide bonds. The first-order valence-electron chi connectivity index (χ1n) is 6.67. The number of carbonyl (C=O) groups is 2. The Balaban J connectivity index is 2.54. The highest BCUT2D eigenvalue weighted by molar-refractivity contribution is 5.95. The lowest BCUT2D eigenvalue weighted by Crippen LogP contribution is -2.46. The van der Waals surface area contributed by atoms with Crippen LogP contribution in [0.15, 0.2) is 35.5 Å². The number of amides is 2. The van der Waals surface area contributed by atoms with Crippen molar-refractivity contribution < 1.29 is 19.4 Å². The maximum absolute atomic E-state index is 12.2. The molecule has 1 aliphatic heterocycles. The molecule has 0 aromatic heterocycles. The van der Waals surface area contributed by atoms with Crippen LogP contribution in [0.5, 0.6) is 5.75 Å². The van der Waals surface area contributed by atoms with E-state index in [-0.39, 0.29) is 18.4 Å². The molecule has 6 nitrogen and oxygen atoms in total. The largest absolute Gasteiger partial charge is 0.508 e. The van der Waals surface area contributed by atoms with E-state index in [1.165, 1.54) is 11.0 Å². The molecule has 21 heavy (non-hydrogen) atoms. The predicted molar refractivity (Wildman–Crippen MR) is 76.5 cm³/mol. The molecule has 0 radical (unpaired) electrons. The number of allylic oxidation sites excluding steroid dienone is 1. The third kappa shape index (κ3) is 2.69. The Kier molecular flexibility index (Phi) is 4.16. The number of phenolic OH excluding ortho intramolecular Hbond substituents is 1. The number of phenols is 1. The lowest BCUT2D eigenvalue weighted by Gasteiger charge is -2.33. The summed E-state index contributed by atoms with van der Waals surface area (Å²) in [4.78, 5) is 25.5. The van der Waals surface area contributed by atoms with E-state index in [1.807, 2.05) is 0 Å². The van der Waals surface area contributed by atoms with Crippen molar-refractivity contribution in [1.82, 2.24) is 10.2 Å². The summed E-state index contributed by atoms with van der Waals surface area (Å²) >= 11 is 0. The number of nitrogens with zero attached hydrogens (tertiary/aromatic N) is 1. The van der Waals surface area contributed by atoms with Crippen LogP contribution >= 0.6 is 0 Å². The van der Waals surface area contributed by atoms with Crippen LogP contribution in [-0.2, 0) is 9.53 Å². The van der Waals surface area contributed by atoms with Gasteiger partial charge in [0.25, 0.3) is 0 Å². The summed E-state index contributed by atoms with van der Waals surface area (Å²) in [5.41, 5.74) is 1.28. The van der Waals surface area contributed by atoms with Gasteiger partial charge in [-0.1, -0.05) is 18.2 Å². The van der Waals surface area contributed by atoms with Crippen molar-refractivity contribution >= 4 is 12.0 Å². The van der Waals surface area contributed by atoms with Gasteiger partial charge in [0.05, 0.1) is 18.2 Å². The monoisotopic (exact) mass is 290 g/mol. The Bertz CT molecular complexity index is 609. The molecule has 0 saturated heterocycles. The van der Waals surface area contributed by atoms with E-state index in [4.69, 9.17) is 4.74 Å². The van der Waals surface area contributed by atoms with Gasteiger partial charge in [0.1, 0.15) is 5.75 Å². The zero-order valence-electron chi connectivity index (χ0n) is 12.2. The van der Waals surface area contributed by atoms with Crippen molar-refractivity contribution in [3.05, 3.63) is 41.1 Å². The minimum atomic E-state index is -0.728. The average molecular weight is 290 g/mol. The van der Waals surface area contributed by atoms with E-state index >= 15 is 0 Å². The minimum absolute atomic E-state index is 0.0157. The fourth-order valence-electron chi connectivity index (χ4n) is 2.27. The van der Waals surface area contributed by atoms with Gasteiger partial charge in [0.15, 0.2) is 0 Å². The molecule has 0 spiro atoms. The lowest BCUT2D eigenvalue weighted by molar-refractivity contribution is -0.139. The molecule has 2 rings (SSSR count). The topological polar surface area (TPSA) is 78.9 Å². The van der Waals surface area contributed by atoms with Crippen LogP contribution in [0, 0.1) is 0 Å². The van der Waals surface area contributed by atoms with Gasteiger partial charge in [-0.05, 0) is 19.9 Å². The number of para-hydroxylation sites is 1. The van der Waals surface area contributed by atoms with Gasteiger partial charge >= 0.3 is 12.0 Å². The quantitative estimate of drug-likeness (QED) is 0.834. The molecule has 0 bridgehead atoms. The number of benzene rings is 1. The predicted octanol–water partition coefficient (Wildman–Crippen LogP) is 1.93. The molecule has 0 unspecified atom stereocenters. The number of aromatic hydroxyl groups is 1. The first-order valence-corrected chi connectivity index (χ1v) is 6.67. The summed E-state index contributed by atoms with van der Waals surface area (Å²) in [6.45, 7) is 3.63. The Morgan fingerprint density at radius 2 is 2.10 bits per heavy atom. The van der Waals surface area contributed by atoms with Crippen LogP contribution in [-0.4, -0.2) is 35.7 Å². The van der Waals surface area contributed by atoms with Crippen LogP contribution in [0.3, 0.4) is 0 Å². The highest BCUT2D eigenvalue weighted by atomic mass is 16.5. The van der Waals surface area contributed by atoms with Crippen molar-refractivity contribution in [2.24, 2.45) is 0 Å². The number of rotatable bonds is 3. The highest BCUT2D eigenvalue weighted by Gasteiger charge is 2.35. The second-order valence-corrected chi connectivity index (χ2v) is 4.72. The summed E-state index contributed by atoms with van der Waals surface area (Å²) in [5.74, 6) is -0.489. The average Bonchev–Trinajstić information content (AvgIpc) is 2.45. The summed E-state index contributed by atoms with van der Waals surface area (Å²) in [6, 6.07) is 5.52. The molecule has 1 aromatic rings. The van der Waals surface area contributed by atoms with E-state index in [0.717, 1.165) is 0 Å². The van der Waals surface area contributed by atoms with Gasteiger partial charge < -0.3 is 20.1 Å². The van der Waals surface area contributed by atoms with Gasteiger partial charge in [-0.3, -0.25) is 0 Å². The number of nitrogens with one attached hydrogen (secondary N) is 1. The van der Waals surface area contributed by atoms with Gasteiger partial charge in [0.2, 0.25) is 0 Å². The first kappa shape index (κ1) is 14.9. The van der Waals surface area contributed by atoms with E-state index in [1.54, 1.807) is 39.1 Å². The van der Waals surface area contributed by atoms with Gasteiger partial charge in [0, 0.05) is 18.3 Å². The van der Waals surface area contributed by atoms with Gasteiger partial charge in [-0.2, -0.15) is 0 Å². The standard InChI is InChI=1S/C15H18N2O4/c1-4-21-14(19)12-9(2)17(3)15(20)16-13(12)10-7-5-6-8-11(10)18/h5-8,13,18H,4H2,1-3H3,(H,16,20)/t13-/m0/s1. The number of hydrogen-bond acceptors (Lipinski definition) is 4. The number of hydrogen-bond donors (Lipinski definition) is 2. The number of urea groups is 1. The molecule has 2 N–H and O–H groups in total. The second kappa shape index (κ2) is 5.87. The van der Waals surface area contributed by atoms with E-state index < -0.39 is 12.0 Å². The Labute approximate surface area is 123 Å². The second-order valence-electron chi connectivity index (χ2n) is 4.72. The molecule has 1 heterocycles. The van der Waals surface area contributed by atoms with Crippen molar-refractivity contribution in [3.8, 4) is 5.75 Å². The first-order chi connectivity index (χ1) is 9.97. The maximum atomic E-state index is 12.2. The maximum Gasteiger partial charge on any atom is 0.338 e. The lowest BCUT2D eigenvalue weighted by atomic mass is 9.94. The van der Waals surface area contributed by atoms with E-state index in [2.05, 4.69) is 5.32 Å². The molecule has 0 aliphatic carbocycles. The molecule has 0 fully saturated rings. The van der Waals surface area contributed by atoms with Crippen molar-refractivity contribution in [1.29, 1.82) is 0 Å². The van der Waals surface area contributed by atoms with E-state index in [9.17, 15) is 14.7 Å². The molecule has 1 aromatic carbocycles. The van der Waals surface area contributed by atoms with Gasteiger partial charge in [-0.15, -0.1) is 0 Å². The molecule has 6 heteroatoms. The van der Waals surface area contributed by atoms with Crippen LogP contribution < -0.4 is 5.32 Å². The van der Waals surface area contributed by atoms with Crippen molar-refractivity contribution in [2.75, 3.05) is 13.7 Å². The SMILES string of the molecule is CCOC(=O)C1=C(C)N(C)C(=O)N[C@H]1c1ccccc1O. The molecular weight excluding hydrogens is 272 g/mol. The van der Waals surface area contributed by atoms with Crippen LogP contribution in [0.4, 0.5) is 4.79 Å². The summed E-state index contributed by atoms with van der Waals surface area (Å²) in [7, 11) is 1.57. The Morgan fingerprint density at radius 3 is 2.71 bits per heavy atom. The Morgan fingerprint density at radius 1 is 1.43 bits per heavy atom. The summed E-state index contributed by atoms with van der Waals surface area (Å²) in [5, 5.41) is 12.7. The third-order valence-corrected chi connectivity index (χ3v) is 3.50. The van der Waals surface area contributed by atoms with Gasteiger partial charge in [-0.25, -0.2) is 9.59 Å². The molecule has 1 atom stereocenters. The van der Waals surface area contributed by atoms with Crippen molar-refractivity contribution in [3.63, 3.8) is 0 Å². The number of carbonyl (C=O) groups excluding carboxylic acids is 2. The molecule has 112 valence electrons. The fourth-order valence-corrected chi connectivity index (χ4v) is 2.27. The molecule has 0 saturated carbocycles. The van der Waals surface area contributed by atoms with Crippen molar-refractivity contribution in [2.45, 2.75) is 19.9 Å². The molecule has 1 aliphatic rings. The zero-order chi connectivity index (χ0) is 15.6. The summed E-state index contributed by atoms with van der Waals surface area (Å²) < 4.78 is 5.07. The smallest absolute Gasteiger partial charge is 0.338 e. The minimum Gasteiger partial charge on any atom is -0.508 e. The fraction of sp³-hybridized carbons (Fsp3) is 0.333. The number of esters is 1. The zero-order valence-corrected chi connectivity index (χ0v) is 12.2. The normalized spacial score (nSPS) is 18.5. The number of ether oxygens (including phenoxy) is 1. The van der Waals surface area contributed by atoms with Crippen LogP contribution in [0.25, 0.3) is 0 Å². The van der Waals surface area contributed by atoms with Crippen LogP contribution in [0.2, 0.25) is 0 Å². The van der Waals surface area contributed by atoms with E-state index in [0.29, 0.717) is 16.8 Å². The molecular formula is C15H18N2O4. The van der Waals surface area contributed by atoms with Crippen LogP contribution in [0.1, 0.15) is 25.5 Å². The third-order valence-electron chi connectivity index (χ3n) is 3.50. The Hall–Kier alpha value is -2.50. The highest BCUT2D eigenvalue weighted by Crippen LogP contribution is 2.34. The summed E-state index contributed by atoms with van der Waals surface area (Å²) in [6.07, 6.45) is 0.